The van der Waals surface area contributed by atoms with E-state index in [0.29, 0.717) is 12.8 Å². The number of carbonyl (C=O) groups excluding carboxylic acids is 1. The van der Waals surface area contributed by atoms with Crippen LogP contribution in [0.15, 0.2) is 23.3 Å². The van der Waals surface area contributed by atoms with Gasteiger partial charge >= 0.3 is 5.97 Å². The standard InChI is InChI=1S/C18H28O4/c1-2-3-4-8-15(19)11-12-16-14(10-13-17(16)20)7-5-6-9-18(21)22/h11-12,15,19H,2-10,13H2,1H3,(H,21,22)/b12-11+/t15-/m0/s1. The molecular weight excluding hydrogens is 280 g/mol. The van der Waals surface area contributed by atoms with Gasteiger partial charge in [0.1, 0.15) is 0 Å². The molecule has 0 aromatic rings. The van der Waals surface area contributed by atoms with Gasteiger partial charge in [0, 0.05) is 18.4 Å². The molecule has 124 valence electrons. The van der Waals surface area contributed by atoms with Crippen molar-refractivity contribution in [1.82, 2.24) is 0 Å². The van der Waals surface area contributed by atoms with E-state index in [-0.39, 0.29) is 12.2 Å². The molecule has 0 spiro atoms. The molecule has 0 unspecified atom stereocenters. The number of allylic oxidation sites excluding steroid dienone is 3. The molecule has 4 nitrogen and oxygen atoms in total. The smallest absolute Gasteiger partial charge is 0.303 e. The first-order chi connectivity index (χ1) is 10.5. The molecule has 0 fully saturated rings. The Hall–Kier alpha value is -1.42. The van der Waals surface area contributed by atoms with Crippen LogP contribution in [0.25, 0.3) is 0 Å². The first-order valence-corrected chi connectivity index (χ1v) is 8.37. The Labute approximate surface area is 132 Å². The fourth-order valence-electron chi connectivity index (χ4n) is 2.72. The Bertz CT molecular complexity index is 434. The number of hydrogen-bond donors (Lipinski definition) is 2. The maximum atomic E-state index is 11.9. The number of hydrogen-bond acceptors (Lipinski definition) is 3. The lowest BCUT2D eigenvalue weighted by Crippen LogP contribution is -2.03. The summed E-state index contributed by atoms with van der Waals surface area (Å²) < 4.78 is 0. The Kier molecular flexibility index (Phi) is 8.75. The maximum absolute atomic E-state index is 11.9. The number of carbonyl (C=O) groups is 2. The molecule has 22 heavy (non-hydrogen) atoms. The molecule has 0 aromatic carbocycles. The molecule has 0 bridgehead atoms. The number of ketones is 1. The lowest BCUT2D eigenvalue weighted by Gasteiger charge is -2.06. The van der Waals surface area contributed by atoms with Crippen molar-refractivity contribution >= 4 is 11.8 Å². The number of carboxylic acids is 1. The van der Waals surface area contributed by atoms with Gasteiger partial charge in [0.25, 0.3) is 0 Å². The van der Waals surface area contributed by atoms with Crippen LogP contribution < -0.4 is 0 Å². The van der Waals surface area contributed by atoms with Crippen LogP contribution in [-0.2, 0) is 9.59 Å². The average molecular weight is 308 g/mol. The van der Waals surface area contributed by atoms with E-state index < -0.39 is 12.1 Å². The third-order valence-corrected chi connectivity index (χ3v) is 4.04. The summed E-state index contributed by atoms with van der Waals surface area (Å²) >= 11 is 0. The molecule has 4 heteroatoms. The van der Waals surface area contributed by atoms with Crippen molar-refractivity contribution in [3.8, 4) is 0 Å². The van der Waals surface area contributed by atoms with Gasteiger partial charge in [0.2, 0.25) is 0 Å². The topological polar surface area (TPSA) is 74.6 Å². The van der Waals surface area contributed by atoms with Gasteiger partial charge in [-0.2, -0.15) is 0 Å². The van der Waals surface area contributed by atoms with E-state index in [0.717, 1.165) is 56.1 Å². The monoisotopic (exact) mass is 308 g/mol. The molecule has 0 heterocycles. The van der Waals surface area contributed by atoms with E-state index in [4.69, 9.17) is 5.11 Å². The summed E-state index contributed by atoms with van der Waals surface area (Å²) in [5, 5.41) is 18.5. The highest BCUT2D eigenvalue weighted by molar-refractivity contribution is 6.01. The molecule has 1 rings (SSSR count). The predicted octanol–water partition coefficient (Wildman–Crippen LogP) is 3.79. The van der Waals surface area contributed by atoms with Gasteiger partial charge in [0.15, 0.2) is 5.78 Å². The Morgan fingerprint density at radius 2 is 2.00 bits per heavy atom. The summed E-state index contributed by atoms with van der Waals surface area (Å²) in [4.78, 5) is 22.4. The highest BCUT2D eigenvalue weighted by atomic mass is 16.4. The number of unbranched alkanes of at least 4 members (excludes halogenated alkanes) is 3. The summed E-state index contributed by atoms with van der Waals surface area (Å²) in [7, 11) is 0. The van der Waals surface area contributed by atoms with Crippen LogP contribution in [0.5, 0.6) is 0 Å². The minimum absolute atomic E-state index is 0.144. The number of aliphatic hydroxyl groups excluding tert-OH is 1. The minimum Gasteiger partial charge on any atom is -0.481 e. The van der Waals surface area contributed by atoms with Crippen LogP contribution in [0.4, 0.5) is 0 Å². The maximum Gasteiger partial charge on any atom is 0.303 e. The molecule has 1 atom stereocenters. The van der Waals surface area contributed by atoms with E-state index in [1.807, 2.05) is 0 Å². The summed E-state index contributed by atoms with van der Waals surface area (Å²) in [5.41, 5.74) is 1.86. The van der Waals surface area contributed by atoms with Crippen LogP contribution in [0, 0.1) is 0 Å². The van der Waals surface area contributed by atoms with Crippen LogP contribution >= 0.6 is 0 Å². The zero-order valence-electron chi connectivity index (χ0n) is 13.5. The van der Waals surface area contributed by atoms with Crippen LogP contribution in [0.3, 0.4) is 0 Å². The third-order valence-electron chi connectivity index (χ3n) is 4.04. The lowest BCUT2D eigenvalue weighted by atomic mass is 10.0. The van der Waals surface area contributed by atoms with Gasteiger partial charge in [-0.25, -0.2) is 0 Å². The molecule has 0 radical (unpaired) electrons. The zero-order chi connectivity index (χ0) is 16.4. The first kappa shape index (κ1) is 18.6. The summed E-state index contributed by atoms with van der Waals surface area (Å²) in [5.74, 6) is -0.628. The second kappa shape index (κ2) is 10.3. The van der Waals surface area contributed by atoms with Crippen molar-refractivity contribution in [2.24, 2.45) is 0 Å². The zero-order valence-corrected chi connectivity index (χ0v) is 13.5. The number of aliphatic hydroxyl groups is 1. The fraction of sp³-hybridized carbons (Fsp3) is 0.667. The van der Waals surface area contributed by atoms with Crippen molar-refractivity contribution in [1.29, 1.82) is 0 Å². The summed E-state index contributed by atoms with van der Waals surface area (Å²) in [6.45, 7) is 2.13. The summed E-state index contributed by atoms with van der Waals surface area (Å²) in [6, 6.07) is 0. The molecular formula is C18H28O4. The van der Waals surface area contributed by atoms with Crippen molar-refractivity contribution in [2.75, 3.05) is 0 Å². The van der Waals surface area contributed by atoms with E-state index in [2.05, 4.69) is 6.92 Å². The Morgan fingerprint density at radius 3 is 2.68 bits per heavy atom. The second-order valence-electron chi connectivity index (χ2n) is 5.96. The van der Waals surface area contributed by atoms with Crippen LogP contribution in [0.1, 0.15) is 71.1 Å². The van der Waals surface area contributed by atoms with Crippen molar-refractivity contribution in [2.45, 2.75) is 77.2 Å². The van der Waals surface area contributed by atoms with Crippen LogP contribution in [-0.4, -0.2) is 28.1 Å². The molecule has 0 saturated carbocycles. The van der Waals surface area contributed by atoms with E-state index in [1.54, 1.807) is 12.2 Å². The van der Waals surface area contributed by atoms with Gasteiger partial charge < -0.3 is 10.2 Å². The molecule has 2 N–H and O–H groups in total. The third kappa shape index (κ3) is 7.03. The highest BCUT2D eigenvalue weighted by Gasteiger charge is 2.20. The molecule has 0 aliphatic heterocycles. The predicted molar refractivity (Wildman–Crippen MR) is 86.7 cm³/mol. The molecule has 1 aliphatic carbocycles. The summed E-state index contributed by atoms with van der Waals surface area (Å²) in [6.07, 6.45) is 10.7. The normalized spacial score (nSPS) is 16.7. The quantitative estimate of drug-likeness (QED) is 0.569. The molecule has 0 saturated heterocycles. The number of aliphatic carboxylic acids is 1. The van der Waals surface area contributed by atoms with E-state index >= 15 is 0 Å². The van der Waals surface area contributed by atoms with Gasteiger partial charge in [0.05, 0.1) is 6.10 Å². The molecule has 0 aromatic heterocycles. The van der Waals surface area contributed by atoms with Gasteiger partial charge in [-0.15, -0.1) is 0 Å². The van der Waals surface area contributed by atoms with Crippen LogP contribution in [0.2, 0.25) is 0 Å². The molecule has 0 amide bonds. The highest BCUT2D eigenvalue weighted by Crippen LogP contribution is 2.28. The average Bonchev–Trinajstić information content (AvgIpc) is 2.82. The van der Waals surface area contributed by atoms with Gasteiger partial charge in [-0.05, 0) is 32.1 Å². The second-order valence-corrected chi connectivity index (χ2v) is 5.96. The number of Topliss-reactive ketones (excluding diaryl/α,β-unsaturated/α-hetero) is 1. The largest absolute Gasteiger partial charge is 0.481 e. The lowest BCUT2D eigenvalue weighted by molar-refractivity contribution is -0.137. The minimum atomic E-state index is -0.771. The van der Waals surface area contributed by atoms with Crippen molar-refractivity contribution in [3.05, 3.63) is 23.3 Å². The Morgan fingerprint density at radius 1 is 1.23 bits per heavy atom. The SMILES string of the molecule is CCCCC[C@H](O)/C=C/C1=C(CCCCC(=O)O)CCC1=O. The van der Waals surface area contributed by atoms with E-state index in [9.17, 15) is 14.7 Å². The number of carboxylic acid groups (broad SMARTS) is 1. The van der Waals surface area contributed by atoms with Gasteiger partial charge in [-0.1, -0.05) is 43.9 Å². The van der Waals surface area contributed by atoms with Gasteiger partial charge in [-0.3, -0.25) is 9.59 Å². The van der Waals surface area contributed by atoms with E-state index in [1.165, 1.54) is 0 Å². The molecule has 1 aliphatic rings. The van der Waals surface area contributed by atoms with Crippen molar-refractivity contribution in [3.63, 3.8) is 0 Å². The first-order valence-electron chi connectivity index (χ1n) is 8.37. The Balaban J connectivity index is 2.49. The number of rotatable bonds is 11. The fourth-order valence-corrected chi connectivity index (χ4v) is 2.72. The van der Waals surface area contributed by atoms with Crippen molar-refractivity contribution < 1.29 is 19.8 Å².